The molecule has 3 heteroatoms. The fourth-order valence-corrected chi connectivity index (χ4v) is 2.84. The van der Waals surface area contributed by atoms with Gasteiger partial charge in [-0.15, -0.1) is 0 Å². The first kappa shape index (κ1) is 11.9. The molecular formula is C9H20O2S. The third-order valence-electron chi connectivity index (χ3n) is 2.02. The molecule has 0 spiro atoms. The van der Waals surface area contributed by atoms with Crippen molar-refractivity contribution in [3.63, 3.8) is 0 Å². The monoisotopic (exact) mass is 192 g/mol. The summed E-state index contributed by atoms with van der Waals surface area (Å²) in [5.41, 5.74) is 0. The van der Waals surface area contributed by atoms with Gasteiger partial charge in [-0.3, -0.25) is 0 Å². The Labute approximate surface area is 76.3 Å². The molecule has 0 aromatic heterocycles. The molecule has 74 valence electrons. The zero-order valence-corrected chi connectivity index (χ0v) is 9.48. The van der Waals surface area contributed by atoms with Crippen molar-refractivity contribution in [1.82, 2.24) is 0 Å². The first-order chi connectivity index (χ1) is 5.28. The summed E-state index contributed by atoms with van der Waals surface area (Å²) in [4.78, 5) is 0. The van der Waals surface area contributed by atoms with Gasteiger partial charge in [0.05, 0.1) is 10.5 Å². The van der Waals surface area contributed by atoms with E-state index in [2.05, 4.69) is 0 Å². The predicted molar refractivity (Wildman–Crippen MR) is 53.0 cm³/mol. The minimum Gasteiger partial charge on any atom is -0.228 e. The van der Waals surface area contributed by atoms with Crippen molar-refractivity contribution in [2.45, 2.75) is 51.5 Å². The van der Waals surface area contributed by atoms with Gasteiger partial charge in [-0.25, -0.2) is 8.42 Å². The average molecular weight is 192 g/mol. The van der Waals surface area contributed by atoms with Crippen LogP contribution >= 0.6 is 0 Å². The van der Waals surface area contributed by atoms with Crippen LogP contribution in [0, 0.1) is 5.92 Å². The van der Waals surface area contributed by atoms with Crippen molar-refractivity contribution in [3.8, 4) is 0 Å². The summed E-state index contributed by atoms with van der Waals surface area (Å²) in [6, 6.07) is 0. The lowest BCUT2D eigenvalue weighted by Gasteiger charge is -2.17. The van der Waals surface area contributed by atoms with E-state index in [1.54, 1.807) is 20.8 Å². The maximum atomic E-state index is 11.6. The molecule has 0 amide bonds. The minimum atomic E-state index is -2.87. The molecule has 1 atom stereocenters. The lowest BCUT2D eigenvalue weighted by molar-refractivity contribution is 0.531. The van der Waals surface area contributed by atoms with Crippen LogP contribution in [-0.2, 0) is 9.84 Å². The molecule has 0 aromatic rings. The highest BCUT2D eigenvalue weighted by Crippen LogP contribution is 2.16. The summed E-state index contributed by atoms with van der Waals surface area (Å²) in [7, 11) is -2.87. The fourth-order valence-electron chi connectivity index (χ4n) is 1.26. The highest BCUT2D eigenvalue weighted by atomic mass is 32.2. The van der Waals surface area contributed by atoms with Gasteiger partial charge in [0.25, 0.3) is 0 Å². The van der Waals surface area contributed by atoms with Crippen LogP contribution in [-0.4, -0.2) is 18.9 Å². The summed E-state index contributed by atoms with van der Waals surface area (Å²) in [5.74, 6) is 0.452. The zero-order chi connectivity index (χ0) is 9.94. The Bertz CT molecular complexity index is 215. The molecule has 0 N–H and O–H groups in total. The standard InChI is InChI=1S/C9H20O2S/c1-7(2)6-9(5)12(10,11)8(3)4/h7-9H,6H2,1-5H3. The van der Waals surface area contributed by atoms with E-state index in [0.29, 0.717) is 5.92 Å². The Kier molecular flexibility index (Phi) is 4.24. The van der Waals surface area contributed by atoms with Gasteiger partial charge < -0.3 is 0 Å². The Morgan fingerprint density at radius 3 is 1.67 bits per heavy atom. The SMILES string of the molecule is CC(C)CC(C)S(=O)(=O)C(C)C. The van der Waals surface area contributed by atoms with Crippen molar-refractivity contribution < 1.29 is 8.42 Å². The molecule has 0 rings (SSSR count). The second-order valence-electron chi connectivity index (χ2n) is 4.08. The van der Waals surface area contributed by atoms with Crippen molar-refractivity contribution in [2.75, 3.05) is 0 Å². The van der Waals surface area contributed by atoms with Crippen molar-refractivity contribution in [2.24, 2.45) is 5.92 Å². The number of hydrogen-bond donors (Lipinski definition) is 0. The number of hydrogen-bond acceptors (Lipinski definition) is 2. The minimum absolute atomic E-state index is 0.197. The van der Waals surface area contributed by atoms with Crippen LogP contribution in [0.15, 0.2) is 0 Å². The van der Waals surface area contributed by atoms with Gasteiger partial charge >= 0.3 is 0 Å². The maximum absolute atomic E-state index is 11.6. The molecule has 0 radical (unpaired) electrons. The summed E-state index contributed by atoms with van der Waals surface area (Å²) in [6.07, 6.45) is 0.764. The third kappa shape index (κ3) is 3.13. The summed E-state index contributed by atoms with van der Waals surface area (Å²) >= 11 is 0. The van der Waals surface area contributed by atoms with E-state index in [1.165, 1.54) is 0 Å². The van der Waals surface area contributed by atoms with Crippen LogP contribution in [0.25, 0.3) is 0 Å². The van der Waals surface area contributed by atoms with Crippen LogP contribution in [0.2, 0.25) is 0 Å². The van der Waals surface area contributed by atoms with Gasteiger partial charge in [-0.05, 0) is 33.1 Å². The van der Waals surface area contributed by atoms with Crippen molar-refractivity contribution >= 4 is 9.84 Å². The second-order valence-corrected chi connectivity index (χ2v) is 7.00. The Hall–Kier alpha value is -0.0500. The van der Waals surface area contributed by atoms with Gasteiger partial charge in [-0.2, -0.15) is 0 Å². The highest BCUT2D eigenvalue weighted by Gasteiger charge is 2.24. The molecule has 2 nitrogen and oxygen atoms in total. The third-order valence-corrected chi connectivity index (χ3v) is 4.65. The Balaban J connectivity index is 4.38. The quantitative estimate of drug-likeness (QED) is 0.684. The lowest BCUT2D eigenvalue weighted by atomic mass is 10.1. The summed E-state index contributed by atoms with van der Waals surface area (Å²) in [5, 5.41) is -0.441. The molecule has 0 bridgehead atoms. The number of rotatable bonds is 4. The maximum Gasteiger partial charge on any atom is 0.155 e. The van der Waals surface area contributed by atoms with Gasteiger partial charge in [0, 0.05) is 0 Å². The largest absolute Gasteiger partial charge is 0.228 e. The molecule has 1 unspecified atom stereocenters. The van der Waals surface area contributed by atoms with E-state index >= 15 is 0 Å². The van der Waals surface area contributed by atoms with Gasteiger partial charge in [0.2, 0.25) is 0 Å². The van der Waals surface area contributed by atoms with Gasteiger partial charge in [-0.1, -0.05) is 13.8 Å². The van der Waals surface area contributed by atoms with E-state index in [9.17, 15) is 8.42 Å². The van der Waals surface area contributed by atoms with Crippen LogP contribution in [0.4, 0.5) is 0 Å². The topological polar surface area (TPSA) is 34.1 Å². The summed E-state index contributed by atoms with van der Waals surface area (Å²) < 4.78 is 23.1. The van der Waals surface area contributed by atoms with E-state index in [4.69, 9.17) is 0 Å². The predicted octanol–water partition coefficient (Wildman–Crippen LogP) is 2.24. The molecule has 0 saturated carbocycles. The highest BCUT2D eigenvalue weighted by molar-refractivity contribution is 7.92. The molecule has 12 heavy (non-hydrogen) atoms. The van der Waals surface area contributed by atoms with Crippen LogP contribution in [0.1, 0.15) is 41.0 Å². The molecule has 0 aliphatic heterocycles. The normalized spacial score (nSPS) is 15.6. The van der Waals surface area contributed by atoms with E-state index in [1.807, 2.05) is 13.8 Å². The van der Waals surface area contributed by atoms with Crippen LogP contribution in [0.5, 0.6) is 0 Å². The average Bonchev–Trinajstić information content (AvgIpc) is 1.85. The molecule has 0 aliphatic rings. The van der Waals surface area contributed by atoms with Crippen molar-refractivity contribution in [1.29, 1.82) is 0 Å². The first-order valence-electron chi connectivity index (χ1n) is 4.51. The lowest BCUT2D eigenvalue weighted by Crippen LogP contribution is -2.27. The molecular weight excluding hydrogens is 172 g/mol. The summed E-state index contributed by atoms with van der Waals surface area (Å²) in [6.45, 7) is 9.38. The molecule has 0 aliphatic carbocycles. The molecule has 0 aromatic carbocycles. The Morgan fingerprint density at radius 2 is 1.42 bits per heavy atom. The van der Waals surface area contributed by atoms with Crippen molar-refractivity contribution in [3.05, 3.63) is 0 Å². The smallest absolute Gasteiger partial charge is 0.155 e. The fraction of sp³-hybridized carbons (Fsp3) is 1.00. The van der Waals surface area contributed by atoms with Crippen LogP contribution < -0.4 is 0 Å². The van der Waals surface area contributed by atoms with E-state index in [-0.39, 0.29) is 10.5 Å². The zero-order valence-electron chi connectivity index (χ0n) is 8.66. The van der Waals surface area contributed by atoms with E-state index in [0.717, 1.165) is 6.42 Å². The van der Waals surface area contributed by atoms with Crippen LogP contribution in [0.3, 0.4) is 0 Å². The first-order valence-corrected chi connectivity index (χ1v) is 6.12. The van der Waals surface area contributed by atoms with Gasteiger partial charge in [0.1, 0.15) is 0 Å². The molecule has 0 heterocycles. The van der Waals surface area contributed by atoms with Gasteiger partial charge in [0.15, 0.2) is 9.84 Å². The van der Waals surface area contributed by atoms with E-state index < -0.39 is 9.84 Å². The molecule has 0 fully saturated rings. The Morgan fingerprint density at radius 1 is 1.00 bits per heavy atom. The second kappa shape index (κ2) is 4.26. The number of sulfone groups is 1. The molecule has 0 saturated heterocycles.